The van der Waals surface area contributed by atoms with E-state index in [0.29, 0.717) is 11.1 Å². The minimum Gasteiger partial charge on any atom is -0.351 e. The van der Waals surface area contributed by atoms with Crippen molar-refractivity contribution in [1.82, 2.24) is 0 Å². The normalized spacial score (nSPS) is 17.1. The second-order valence-electron chi connectivity index (χ2n) is 7.79. The molecule has 0 saturated heterocycles. The van der Waals surface area contributed by atoms with Crippen molar-refractivity contribution in [3.8, 4) is 0 Å². The summed E-state index contributed by atoms with van der Waals surface area (Å²) in [6.07, 6.45) is 7.29. The third-order valence-electron chi connectivity index (χ3n) is 5.31. The summed E-state index contributed by atoms with van der Waals surface area (Å²) in [5.74, 6) is 0. The van der Waals surface area contributed by atoms with Gasteiger partial charge in [-0.3, -0.25) is 0 Å². The molecule has 0 amide bonds. The van der Waals surface area contributed by atoms with E-state index in [0.717, 1.165) is 22.0 Å². The Bertz CT molecular complexity index is 990. The molecule has 2 nitrogen and oxygen atoms in total. The van der Waals surface area contributed by atoms with Crippen molar-refractivity contribution in [2.75, 3.05) is 4.90 Å². The lowest BCUT2D eigenvalue weighted by atomic mass is 9.98. The lowest BCUT2D eigenvalue weighted by Gasteiger charge is -2.33. The van der Waals surface area contributed by atoms with E-state index in [1.165, 1.54) is 57.3 Å². The number of allylic oxidation sites excluding steroid dienone is 2. The van der Waals surface area contributed by atoms with Gasteiger partial charge in [-0.25, -0.2) is 0 Å². The number of hydrogen-bond acceptors (Lipinski definition) is 2. The molecule has 0 spiro atoms. The van der Waals surface area contributed by atoms with Gasteiger partial charge in [0.1, 0.15) is 10.0 Å². The molecule has 2 heterocycles. The van der Waals surface area contributed by atoms with Gasteiger partial charge in [0.2, 0.25) is 0 Å². The first-order valence-corrected chi connectivity index (χ1v) is 11.4. The van der Waals surface area contributed by atoms with E-state index in [-0.39, 0.29) is 0 Å². The van der Waals surface area contributed by atoms with Crippen LogP contribution in [0.15, 0.2) is 30.3 Å². The molecule has 2 aliphatic rings. The van der Waals surface area contributed by atoms with Gasteiger partial charge in [0, 0.05) is 16.5 Å². The molecule has 4 heteroatoms. The fourth-order valence-corrected chi connectivity index (χ4v) is 6.41. The van der Waals surface area contributed by atoms with Gasteiger partial charge in [-0.2, -0.15) is 0 Å². The second kappa shape index (κ2) is 7.42. The van der Waals surface area contributed by atoms with Gasteiger partial charge in [0.05, 0.1) is 10.6 Å². The zero-order chi connectivity index (χ0) is 19.1. The highest BCUT2D eigenvalue weighted by Crippen LogP contribution is 2.41. The van der Waals surface area contributed by atoms with Crippen LogP contribution in [-0.2, 0) is 0 Å². The lowest BCUT2D eigenvalue weighted by Crippen LogP contribution is -2.39. The maximum Gasteiger partial charge on any atom is 0.147 e. The third-order valence-corrected chi connectivity index (χ3v) is 7.66. The molecule has 2 aromatic rings. The second-order valence-corrected chi connectivity index (χ2v) is 9.82. The van der Waals surface area contributed by atoms with Crippen LogP contribution in [0, 0.1) is 13.8 Å². The molecular formula is C23H27NOS2. The zero-order valence-corrected chi connectivity index (χ0v) is 18.1. The number of anilines is 1. The summed E-state index contributed by atoms with van der Waals surface area (Å²) >= 11 is 1.74. The van der Waals surface area contributed by atoms with E-state index in [2.05, 4.69) is 62.9 Å². The Morgan fingerprint density at radius 2 is 1.93 bits per heavy atom. The topological polar surface area (TPSA) is 23.5 Å². The number of rotatable bonds is 3. The van der Waals surface area contributed by atoms with Gasteiger partial charge in [-0.05, 0) is 70.6 Å². The quantitative estimate of drug-likeness (QED) is 0.598. The molecule has 1 aromatic carbocycles. The molecule has 142 valence electrons. The summed E-state index contributed by atoms with van der Waals surface area (Å²) in [5, 5.41) is 11.3. The molecule has 0 atom stereocenters. The van der Waals surface area contributed by atoms with Gasteiger partial charge in [0.15, 0.2) is 0 Å². The first-order valence-electron chi connectivity index (χ1n) is 9.77. The molecule has 1 aliphatic heterocycles. The van der Waals surface area contributed by atoms with Gasteiger partial charge < -0.3 is 10.0 Å². The van der Waals surface area contributed by atoms with Crippen LogP contribution in [0.4, 0.5) is 5.69 Å². The summed E-state index contributed by atoms with van der Waals surface area (Å²) in [7, 11) is 1.50. The minimum absolute atomic E-state index is 0.322. The largest absolute Gasteiger partial charge is 0.351 e. The van der Waals surface area contributed by atoms with Crippen LogP contribution in [-0.4, -0.2) is 21.2 Å². The highest BCUT2D eigenvalue weighted by molar-refractivity contribution is 7.99. The molecule has 0 fully saturated rings. The summed E-state index contributed by atoms with van der Waals surface area (Å²) in [5.41, 5.74) is 6.34. The highest BCUT2D eigenvalue weighted by atomic mass is 32.1. The number of aliphatic hydroxyl groups excluding tert-OH is 1. The van der Waals surface area contributed by atoms with Crippen molar-refractivity contribution in [2.24, 2.45) is 0 Å². The van der Waals surface area contributed by atoms with Gasteiger partial charge in [-0.1, -0.05) is 40.8 Å². The van der Waals surface area contributed by atoms with E-state index >= 15 is 0 Å². The lowest BCUT2D eigenvalue weighted by molar-refractivity contribution is 0.572. The van der Waals surface area contributed by atoms with Crippen LogP contribution in [0.25, 0.3) is 5.57 Å². The Morgan fingerprint density at radius 1 is 1.11 bits per heavy atom. The summed E-state index contributed by atoms with van der Waals surface area (Å²) in [6.45, 7) is 8.74. The van der Waals surface area contributed by atoms with Gasteiger partial charge >= 0.3 is 0 Å². The number of aliphatic hydroxyl groups is 1. The summed E-state index contributed by atoms with van der Waals surface area (Å²) < 4.78 is 0. The Balaban J connectivity index is 1.85. The number of benzene rings is 1. The van der Waals surface area contributed by atoms with Crippen molar-refractivity contribution in [1.29, 1.82) is 0 Å². The molecule has 0 saturated carbocycles. The highest BCUT2D eigenvalue weighted by Gasteiger charge is 2.29. The number of thiophene rings is 1. The first kappa shape index (κ1) is 18.7. The molecule has 0 radical (unpaired) electrons. The van der Waals surface area contributed by atoms with Crippen LogP contribution in [0.2, 0.25) is 0 Å². The van der Waals surface area contributed by atoms with E-state index in [9.17, 15) is 5.11 Å². The molecule has 1 aliphatic carbocycles. The maximum atomic E-state index is 10.9. The van der Waals surface area contributed by atoms with Crippen LogP contribution in [0.1, 0.15) is 66.0 Å². The summed E-state index contributed by atoms with van der Waals surface area (Å²) in [4.78, 5) is 5.87. The van der Waals surface area contributed by atoms with E-state index in [1.807, 2.05) is 0 Å². The average Bonchev–Trinajstić information content (AvgIpc) is 3.07. The van der Waals surface area contributed by atoms with Crippen molar-refractivity contribution in [3.05, 3.63) is 56.8 Å². The van der Waals surface area contributed by atoms with E-state index < -0.39 is 0 Å². The van der Waals surface area contributed by atoms with Crippen molar-refractivity contribution < 1.29 is 5.11 Å². The maximum absolute atomic E-state index is 10.9. The number of aryl methyl sites for hydroxylation is 2. The standard InChI is InChI=1S/C23H27NOS2/c1-14(2)24-19-13-20(17-8-6-5-7-9-17)26-21(19)23(25)27-22(24)18-11-10-15(3)12-16(18)4/h8,10-14,25H,5-7,9H2,1-4H3. The van der Waals surface area contributed by atoms with Crippen LogP contribution >= 0.6 is 22.3 Å². The number of nitrogens with zero attached hydrogens (tertiary/aromatic N) is 1. The van der Waals surface area contributed by atoms with E-state index in [1.54, 1.807) is 11.3 Å². The van der Waals surface area contributed by atoms with Crippen LogP contribution in [0.3, 0.4) is 0 Å². The van der Waals surface area contributed by atoms with Crippen LogP contribution in [0.5, 0.6) is 0 Å². The number of fused-ring (bicyclic) bond motifs is 1. The molecule has 4 rings (SSSR count). The molecule has 27 heavy (non-hydrogen) atoms. The predicted octanol–water partition coefficient (Wildman–Crippen LogP) is 6.50. The predicted molar refractivity (Wildman–Crippen MR) is 123 cm³/mol. The monoisotopic (exact) mass is 397 g/mol. The number of hydrogen-bond donors (Lipinski definition) is 1. The van der Waals surface area contributed by atoms with Crippen molar-refractivity contribution in [2.45, 2.75) is 59.4 Å². The molecule has 0 bridgehead atoms. The smallest absolute Gasteiger partial charge is 0.147 e. The fraction of sp³-hybridized carbons (Fsp3) is 0.391. The fourth-order valence-electron chi connectivity index (χ4n) is 3.98. The summed E-state index contributed by atoms with van der Waals surface area (Å²) in [6, 6.07) is 9.20. The Kier molecular flexibility index (Phi) is 5.15. The molecular weight excluding hydrogens is 370 g/mol. The zero-order valence-electron chi connectivity index (χ0n) is 16.5. The third kappa shape index (κ3) is 3.46. The van der Waals surface area contributed by atoms with Gasteiger partial charge in [-0.15, -0.1) is 11.3 Å². The first-order chi connectivity index (χ1) is 13.0. The SMILES string of the molecule is Cc1ccc(C2=S=C(O)c3sc(C4=CCCCC4)cc3N2C(C)C)c(C)c1. The van der Waals surface area contributed by atoms with Crippen molar-refractivity contribution >= 4 is 43.6 Å². The Morgan fingerprint density at radius 3 is 2.59 bits per heavy atom. The molecule has 0 unspecified atom stereocenters. The van der Waals surface area contributed by atoms with Gasteiger partial charge in [0.25, 0.3) is 0 Å². The Labute approximate surface area is 169 Å². The van der Waals surface area contributed by atoms with E-state index in [4.69, 9.17) is 0 Å². The van der Waals surface area contributed by atoms with Crippen molar-refractivity contribution in [3.63, 3.8) is 0 Å². The minimum atomic E-state index is 0.322. The molecule has 1 aromatic heterocycles. The Hall–Kier alpha value is -1.62. The average molecular weight is 398 g/mol. The van der Waals surface area contributed by atoms with Crippen LogP contribution < -0.4 is 4.90 Å². The molecule has 1 N–H and O–H groups in total.